The fourth-order valence-corrected chi connectivity index (χ4v) is 7.27. The van der Waals surface area contributed by atoms with E-state index in [0.717, 1.165) is 0 Å². The van der Waals surface area contributed by atoms with Gasteiger partial charge in [-0.05, 0) is 43.2 Å². The Morgan fingerprint density at radius 1 is 0.794 bits per heavy atom. The summed E-state index contributed by atoms with van der Waals surface area (Å²) >= 11 is 1.50. The smallest absolute Gasteiger partial charge is 0.303 e. The van der Waals surface area contributed by atoms with Crippen LogP contribution in [0.4, 0.5) is 0 Å². The third-order valence-electron chi connectivity index (χ3n) is 7.15. The van der Waals surface area contributed by atoms with E-state index in [-0.39, 0.29) is 33.3 Å². The van der Waals surface area contributed by atoms with Gasteiger partial charge in [0, 0.05) is 20.5 Å². The van der Waals surface area contributed by atoms with E-state index >= 15 is 0 Å². The molecular weight excluding hydrogens is 488 g/mol. The minimum Gasteiger partial charge on any atom is -0.465 e. The van der Waals surface area contributed by atoms with Gasteiger partial charge in [0.1, 0.15) is 30.4 Å². The van der Waals surface area contributed by atoms with Gasteiger partial charge in [-0.1, -0.05) is 41.5 Å². The molecule has 0 amide bonds. The van der Waals surface area contributed by atoms with E-state index < -0.39 is 40.9 Å². The van der Waals surface area contributed by atoms with Crippen molar-refractivity contribution < 1.29 is 32.7 Å². The number of hydrogen-bond donors (Lipinski definition) is 0. The van der Waals surface area contributed by atoms with E-state index in [2.05, 4.69) is 67.7 Å². The molecule has 0 aliphatic carbocycles. The third-order valence-corrected chi connectivity index (χ3v) is 17.5. The zero-order chi connectivity index (χ0) is 26.7. The lowest BCUT2D eigenvalue weighted by atomic mass is 10.0. The standard InChI is InChI=1S/C24H48O7SSi2/c1-14-27-22-21(31-34(12,13)24(7,8)9)20(30-33(10,11)23(4,5)6)19(29-17(3)26)18(32-22)15-28-16(2)25/h18-22H,14-15H2,1-13H3/t18-,19-,20-,21+,22?/m0/s1. The third kappa shape index (κ3) is 8.33. The lowest BCUT2D eigenvalue weighted by Gasteiger charge is -2.52. The van der Waals surface area contributed by atoms with E-state index in [0.29, 0.717) is 6.61 Å². The molecule has 0 aromatic rings. The molecule has 0 saturated carbocycles. The van der Waals surface area contributed by atoms with E-state index in [4.69, 9.17) is 23.1 Å². The topological polar surface area (TPSA) is 80.3 Å². The molecule has 34 heavy (non-hydrogen) atoms. The van der Waals surface area contributed by atoms with Crippen molar-refractivity contribution in [1.82, 2.24) is 0 Å². The highest BCUT2D eigenvalue weighted by Crippen LogP contribution is 2.46. The van der Waals surface area contributed by atoms with Crippen molar-refractivity contribution in [3.8, 4) is 0 Å². The quantitative estimate of drug-likeness (QED) is 0.273. The zero-order valence-electron chi connectivity index (χ0n) is 23.6. The van der Waals surface area contributed by atoms with E-state index in [1.165, 1.54) is 25.6 Å². The highest BCUT2D eigenvalue weighted by Gasteiger charge is 2.55. The van der Waals surface area contributed by atoms with Crippen molar-refractivity contribution in [2.75, 3.05) is 13.2 Å². The van der Waals surface area contributed by atoms with E-state index in [9.17, 15) is 9.59 Å². The van der Waals surface area contributed by atoms with E-state index in [1.807, 2.05) is 6.92 Å². The first-order valence-electron chi connectivity index (χ1n) is 12.2. The van der Waals surface area contributed by atoms with Gasteiger partial charge >= 0.3 is 11.9 Å². The molecule has 0 N–H and O–H groups in total. The fraction of sp³-hybridized carbons (Fsp3) is 0.917. The van der Waals surface area contributed by atoms with Crippen molar-refractivity contribution in [2.45, 2.75) is 128 Å². The Labute approximate surface area is 213 Å². The Bertz CT molecular complexity index is 700. The number of esters is 2. The first kappa shape index (κ1) is 31.6. The van der Waals surface area contributed by atoms with Gasteiger partial charge in [-0.15, -0.1) is 11.8 Å². The monoisotopic (exact) mass is 536 g/mol. The van der Waals surface area contributed by atoms with Crippen LogP contribution in [0.5, 0.6) is 0 Å². The molecule has 0 spiro atoms. The molecule has 1 rings (SSSR count). The largest absolute Gasteiger partial charge is 0.465 e. The average Bonchev–Trinajstić information content (AvgIpc) is 2.62. The minimum atomic E-state index is -2.30. The summed E-state index contributed by atoms with van der Waals surface area (Å²) in [5.41, 5.74) is -0.346. The summed E-state index contributed by atoms with van der Waals surface area (Å²) < 4.78 is 31.4. The lowest BCUT2D eigenvalue weighted by Crippen LogP contribution is -2.64. The summed E-state index contributed by atoms with van der Waals surface area (Å²) in [7, 11) is -4.54. The molecule has 0 aromatic carbocycles. The van der Waals surface area contributed by atoms with Gasteiger partial charge in [0.2, 0.25) is 0 Å². The second-order valence-corrected chi connectivity index (χ2v) is 22.9. The van der Waals surface area contributed by atoms with Gasteiger partial charge in [-0.3, -0.25) is 9.59 Å². The summed E-state index contributed by atoms with van der Waals surface area (Å²) in [4.78, 5) is 23.8. The summed E-state index contributed by atoms with van der Waals surface area (Å²) in [5, 5.41) is -0.424. The Balaban J connectivity index is 3.61. The number of carbonyl (C=O) groups is 2. The number of thioether (sulfide) groups is 1. The molecule has 7 nitrogen and oxygen atoms in total. The predicted molar refractivity (Wildman–Crippen MR) is 143 cm³/mol. The maximum absolute atomic E-state index is 12.2. The molecule has 0 radical (unpaired) electrons. The van der Waals surface area contributed by atoms with Gasteiger partial charge in [0.25, 0.3) is 0 Å². The van der Waals surface area contributed by atoms with Gasteiger partial charge in [0.15, 0.2) is 16.6 Å². The van der Waals surface area contributed by atoms with Crippen LogP contribution < -0.4 is 0 Å². The van der Waals surface area contributed by atoms with Crippen molar-refractivity contribution in [3.05, 3.63) is 0 Å². The van der Waals surface area contributed by atoms with Crippen molar-refractivity contribution in [3.63, 3.8) is 0 Å². The molecule has 1 heterocycles. The molecule has 1 aliphatic rings. The number of carbonyl (C=O) groups excluding carboxylic acids is 2. The molecule has 0 aromatic heterocycles. The summed E-state index contributed by atoms with van der Waals surface area (Å²) in [6.45, 7) is 27.2. The Morgan fingerprint density at radius 2 is 1.26 bits per heavy atom. The Hall–Kier alpha value is -0.396. The van der Waals surface area contributed by atoms with E-state index in [1.54, 1.807) is 0 Å². The molecule has 10 heteroatoms. The maximum Gasteiger partial charge on any atom is 0.303 e. The SMILES string of the molecule is CCOC1S[C@@H](COC(C)=O)[C@H](OC(C)=O)[C@H](O[Si](C)(C)C(C)(C)C)[C@H]1O[Si](C)(C)C(C)(C)C. The van der Waals surface area contributed by atoms with Crippen molar-refractivity contribution in [1.29, 1.82) is 0 Å². The molecule has 1 fully saturated rings. The van der Waals surface area contributed by atoms with Crippen LogP contribution in [0.2, 0.25) is 36.3 Å². The highest BCUT2D eigenvalue weighted by atomic mass is 32.2. The highest BCUT2D eigenvalue weighted by molar-refractivity contribution is 8.00. The Morgan fingerprint density at radius 3 is 1.65 bits per heavy atom. The molecule has 200 valence electrons. The maximum atomic E-state index is 12.2. The average molecular weight is 537 g/mol. The number of ether oxygens (including phenoxy) is 3. The number of rotatable bonds is 9. The summed E-state index contributed by atoms with van der Waals surface area (Å²) in [6, 6.07) is 0. The van der Waals surface area contributed by atoms with Gasteiger partial charge in [0.05, 0.1) is 5.25 Å². The van der Waals surface area contributed by atoms with Crippen molar-refractivity contribution in [2.24, 2.45) is 0 Å². The second-order valence-electron chi connectivity index (χ2n) is 12.1. The predicted octanol–water partition coefficient (Wildman–Crippen LogP) is 5.74. The molecule has 1 unspecified atom stereocenters. The van der Waals surface area contributed by atoms with Crippen LogP contribution in [0, 0.1) is 0 Å². The normalized spacial score (nSPS) is 26.8. The van der Waals surface area contributed by atoms with Crippen molar-refractivity contribution >= 4 is 40.3 Å². The van der Waals surface area contributed by atoms with Crippen LogP contribution in [0.25, 0.3) is 0 Å². The molecular formula is C24H48O7SSi2. The second kappa shape index (κ2) is 11.8. The first-order valence-corrected chi connectivity index (χ1v) is 18.9. The first-order chi connectivity index (χ1) is 15.2. The van der Waals surface area contributed by atoms with Gasteiger partial charge in [-0.2, -0.15) is 0 Å². The minimum absolute atomic E-state index is 0.0263. The van der Waals surface area contributed by atoms with Crippen LogP contribution in [0.1, 0.15) is 62.3 Å². The van der Waals surface area contributed by atoms with Crippen LogP contribution >= 0.6 is 11.8 Å². The summed E-state index contributed by atoms with van der Waals surface area (Å²) in [5.74, 6) is -0.778. The Kier molecular flexibility index (Phi) is 10.9. The fourth-order valence-electron chi connectivity index (χ4n) is 3.14. The summed E-state index contributed by atoms with van der Waals surface area (Å²) in [6.07, 6.45) is -1.61. The molecule has 1 saturated heterocycles. The van der Waals surface area contributed by atoms with Crippen LogP contribution in [0.15, 0.2) is 0 Å². The molecule has 5 atom stereocenters. The van der Waals surface area contributed by atoms with Crippen LogP contribution in [-0.4, -0.2) is 70.8 Å². The van der Waals surface area contributed by atoms with Gasteiger partial charge < -0.3 is 23.1 Å². The molecule has 1 aliphatic heterocycles. The lowest BCUT2D eigenvalue weighted by molar-refractivity contribution is -0.162. The van der Waals surface area contributed by atoms with Crippen LogP contribution in [0.3, 0.4) is 0 Å². The number of hydrogen-bond acceptors (Lipinski definition) is 8. The van der Waals surface area contributed by atoms with Crippen LogP contribution in [-0.2, 0) is 32.7 Å². The molecule has 0 bridgehead atoms. The zero-order valence-corrected chi connectivity index (χ0v) is 26.4. The van der Waals surface area contributed by atoms with Gasteiger partial charge in [-0.25, -0.2) is 0 Å².